The third kappa shape index (κ3) is 3.63. The van der Waals surface area contributed by atoms with Gasteiger partial charge in [0, 0.05) is 17.1 Å². The zero-order chi connectivity index (χ0) is 25.8. The summed E-state index contributed by atoms with van der Waals surface area (Å²) in [7, 11) is 0. The first-order valence-electron chi connectivity index (χ1n) is 13.4. The van der Waals surface area contributed by atoms with Gasteiger partial charge in [-0.05, 0) is 90.3 Å². The average molecular weight is 496 g/mol. The Bertz CT molecular complexity index is 2110. The molecule has 1 nitrogen and oxygen atoms in total. The van der Waals surface area contributed by atoms with E-state index in [4.69, 9.17) is 0 Å². The van der Waals surface area contributed by atoms with Crippen molar-refractivity contribution in [2.45, 2.75) is 0 Å². The fraction of sp³-hybridized carbons (Fsp3) is 0. The Morgan fingerprint density at radius 2 is 0.641 bits per heavy atom. The molecule has 0 atom stereocenters. The highest BCUT2D eigenvalue weighted by Gasteiger charge is 2.15. The summed E-state index contributed by atoms with van der Waals surface area (Å²) in [5.74, 6) is 0. The molecule has 39 heavy (non-hydrogen) atoms. The van der Waals surface area contributed by atoms with E-state index in [0.717, 1.165) is 17.1 Å². The van der Waals surface area contributed by atoms with Crippen molar-refractivity contribution in [2.75, 3.05) is 4.90 Å². The Labute approximate surface area is 227 Å². The van der Waals surface area contributed by atoms with Crippen molar-refractivity contribution < 1.29 is 0 Å². The average Bonchev–Trinajstić information content (AvgIpc) is 3.00. The van der Waals surface area contributed by atoms with E-state index in [1.54, 1.807) is 0 Å². The quantitative estimate of drug-likeness (QED) is 0.220. The van der Waals surface area contributed by atoms with Gasteiger partial charge in [0.15, 0.2) is 0 Å². The SMILES string of the molecule is c1ccc2cc(N(c3ccc4ccccc4c3)c3ccc4c(ccc5c6ccccc6ccc45)c3)ccc2c1. The van der Waals surface area contributed by atoms with Gasteiger partial charge in [-0.15, -0.1) is 0 Å². The monoisotopic (exact) mass is 495 g/mol. The molecule has 1 heteroatoms. The molecule has 8 aromatic carbocycles. The van der Waals surface area contributed by atoms with Crippen LogP contribution >= 0.6 is 0 Å². The minimum atomic E-state index is 1.15. The molecule has 0 N–H and O–H groups in total. The summed E-state index contributed by atoms with van der Waals surface area (Å²) in [5, 5.41) is 12.7. The maximum atomic E-state index is 2.38. The van der Waals surface area contributed by atoms with Crippen molar-refractivity contribution in [1.29, 1.82) is 0 Å². The van der Waals surface area contributed by atoms with Gasteiger partial charge in [-0.1, -0.05) is 115 Å². The molecule has 0 unspecified atom stereocenters. The zero-order valence-electron chi connectivity index (χ0n) is 21.4. The van der Waals surface area contributed by atoms with E-state index in [1.165, 1.54) is 53.9 Å². The van der Waals surface area contributed by atoms with E-state index in [9.17, 15) is 0 Å². The molecule has 8 rings (SSSR count). The fourth-order valence-electron chi connectivity index (χ4n) is 6.03. The summed E-state index contributed by atoms with van der Waals surface area (Å²) in [6.07, 6.45) is 0. The third-order valence-corrected chi connectivity index (χ3v) is 7.97. The largest absolute Gasteiger partial charge is 0.310 e. The summed E-state index contributed by atoms with van der Waals surface area (Å²) in [6, 6.07) is 55.2. The molecule has 182 valence electrons. The summed E-state index contributed by atoms with van der Waals surface area (Å²) in [5.41, 5.74) is 3.44. The lowest BCUT2D eigenvalue weighted by Crippen LogP contribution is -2.10. The molecule has 0 radical (unpaired) electrons. The van der Waals surface area contributed by atoms with Crippen LogP contribution in [-0.2, 0) is 0 Å². The second-order valence-corrected chi connectivity index (χ2v) is 10.3. The number of rotatable bonds is 3. The summed E-state index contributed by atoms with van der Waals surface area (Å²) >= 11 is 0. The predicted octanol–water partition coefficient (Wildman–Crippen LogP) is 10.9. The van der Waals surface area contributed by atoms with Crippen LogP contribution in [0.4, 0.5) is 17.1 Å². The third-order valence-electron chi connectivity index (χ3n) is 7.97. The molecule has 0 spiro atoms. The van der Waals surface area contributed by atoms with E-state index in [-0.39, 0.29) is 0 Å². The van der Waals surface area contributed by atoms with E-state index in [0.29, 0.717) is 0 Å². The van der Waals surface area contributed by atoms with Crippen LogP contribution in [0.5, 0.6) is 0 Å². The second-order valence-electron chi connectivity index (χ2n) is 10.3. The number of anilines is 3. The molecule has 0 bridgehead atoms. The van der Waals surface area contributed by atoms with Crippen molar-refractivity contribution in [1.82, 2.24) is 0 Å². The molecule has 0 amide bonds. The Hall–Kier alpha value is -5.14. The molecule has 0 aliphatic rings. The molecule has 0 aromatic heterocycles. The van der Waals surface area contributed by atoms with Gasteiger partial charge in [0.2, 0.25) is 0 Å². The van der Waals surface area contributed by atoms with Crippen molar-refractivity contribution in [3.05, 3.63) is 152 Å². The van der Waals surface area contributed by atoms with Crippen molar-refractivity contribution >= 4 is 70.9 Å². The van der Waals surface area contributed by atoms with E-state index >= 15 is 0 Å². The second kappa shape index (κ2) is 8.72. The molecule has 0 saturated heterocycles. The van der Waals surface area contributed by atoms with E-state index in [2.05, 4.69) is 157 Å². The lowest BCUT2D eigenvalue weighted by Gasteiger charge is -2.26. The van der Waals surface area contributed by atoms with Crippen LogP contribution in [0.15, 0.2) is 152 Å². The van der Waals surface area contributed by atoms with Gasteiger partial charge in [-0.2, -0.15) is 0 Å². The van der Waals surface area contributed by atoms with Crippen LogP contribution in [0.3, 0.4) is 0 Å². The van der Waals surface area contributed by atoms with Crippen molar-refractivity contribution in [3.8, 4) is 0 Å². The first-order chi connectivity index (χ1) is 19.3. The van der Waals surface area contributed by atoms with Gasteiger partial charge in [0.1, 0.15) is 0 Å². The Balaban J connectivity index is 1.35. The van der Waals surface area contributed by atoms with Crippen molar-refractivity contribution in [3.63, 3.8) is 0 Å². The van der Waals surface area contributed by atoms with Crippen LogP contribution in [-0.4, -0.2) is 0 Å². The van der Waals surface area contributed by atoms with E-state index in [1.807, 2.05) is 0 Å². The maximum Gasteiger partial charge on any atom is 0.0468 e. The van der Waals surface area contributed by atoms with Crippen LogP contribution in [0.2, 0.25) is 0 Å². The molecule has 0 fully saturated rings. The Morgan fingerprint density at radius 3 is 1.26 bits per heavy atom. The van der Waals surface area contributed by atoms with Gasteiger partial charge in [0.25, 0.3) is 0 Å². The van der Waals surface area contributed by atoms with Crippen LogP contribution in [0.25, 0.3) is 53.9 Å². The van der Waals surface area contributed by atoms with Crippen LogP contribution in [0, 0.1) is 0 Å². The van der Waals surface area contributed by atoms with Gasteiger partial charge in [-0.25, -0.2) is 0 Å². The number of fused-ring (bicyclic) bond motifs is 7. The lowest BCUT2D eigenvalue weighted by atomic mass is 9.96. The van der Waals surface area contributed by atoms with Gasteiger partial charge >= 0.3 is 0 Å². The minimum Gasteiger partial charge on any atom is -0.310 e. The highest BCUT2D eigenvalue weighted by Crippen LogP contribution is 2.40. The normalized spacial score (nSPS) is 11.6. The Kier molecular flexibility index (Phi) is 4.89. The number of benzene rings is 8. The number of nitrogens with zero attached hydrogens (tertiary/aromatic N) is 1. The van der Waals surface area contributed by atoms with E-state index < -0.39 is 0 Å². The van der Waals surface area contributed by atoms with Gasteiger partial charge in [0.05, 0.1) is 0 Å². The molecular weight excluding hydrogens is 470 g/mol. The number of hydrogen-bond donors (Lipinski definition) is 0. The smallest absolute Gasteiger partial charge is 0.0468 e. The van der Waals surface area contributed by atoms with Crippen molar-refractivity contribution in [2.24, 2.45) is 0 Å². The summed E-state index contributed by atoms with van der Waals surface area (Å²) in [6.45, 7) is 0. The molecule has 0 aliphatic heterocycles. The highest BCUT2D eigenvalue weighted by molar-refractivity contribution is 6.17. The standard InChI is InChI=1S/C38H25N/c1-3-10-29-23-32(17-13-26(29)7-1)39(33-18-14-27-8-2-4-11-30(27)24-33)34-19-22-36-31(25-34)16-21-37-35-12-6-5-9-28(35)15-20-38(36)37/h1-25H. The minimum absolute atomic E-state index is 1.15. The lowest BCUT2D eigenvalue weighted by molar-refractivity contribution is 1.30. The molecular formula is C38H25N. The zero-order valence-corrected chi connectivity index (χ0v) is 21.4. The highest BCUT2D eigenvalue weighted by atomic mass is 15.1. The number of hydrogen-bond acceptors (Lipinski definition) is 1. The van der Waals surface area contributed by atoms with Gasteiger partial charge in [-0.3, -0.25) is 0 Å². The molecule has 0 saturated carbocycles. The van der Waals surface area contributed by atoms with Gasteiger partial charge < -0.3 is 4.90 Å². The topological polar surface area (TPSA) is 3.24 Å². The molecule has 8 aromatic rings. The predicted molar refractivity (Wildman–Crippen MR) is 169 cm³/mol. The van der Waals surface area contributed by atoms with Crippen LogP contribution in [0.1, 0.15) is 0 Å². The van der Waals surface area contributed by atoms with Crippen LogP contribution < -0.4 is 4.90 Å². The maximum absolute atomic E-state index is 2.38. The summed E-state index contributed by atoms with van der Waals surface area (Å²) < 4.78 is 0. The first-order valence-corrected chi connectivity index (χ1v) is 13.4. The molecule has 0 heterocycles. The first kappa shape index (κ1) is 21.9. The Morgan fingerprint density at radius 1 is 0.256 bits per heavy atom. The fourth-order valence-corrected chi connectivity index (χ4v) is 6.03. The summed E-state index contributed by atoms with van der Waals surface area (Å²) in [4.78, 5) is 2.38. The molecule has 0 aliphatic carbocycles.